The Kier molecular flexibility index (Phi) is 5.88. The molecule has 118 valence electrons. The number of carbonyl (C=O) groups is 3. The third-order valence-corrected chi connectivity index (χ3v) is 3.35. The van der Waals surface area contributed by atoms with Gasteiger partial charge in [-0.1, -0.05) is 29.8 Å². The standard InChI is InChI=1S/C17H15ClN2O3/c18-14-8-6-12(7-9-14)15(21)10-11-16(22)19-20-17(23)13-4-2-1-3-5-13/h1-9H,10-11H2,(H,19,22)(H,20,23). The first-order chi connectivity index (χ1) is 11.1. The fourth-order valence-electron chi connectivity index (χ4n) is 1.86. The largest absolute Gasteiger partial charge is 0.294 e. The third-order valence-electron chi connectivity index (χ3n) is 3.10. The number of hydrogen-bond donors (Lipinski definition) is 2. The molecule has 0 saturated carbocycles. The van der Waals surface area contributed by atoms with Gasteiger partial charge >= 0.3 is 0 Å². The Hall–Kier alpha value is -2.66. The highest BCUT2D eigenvalue weighted by Crippen LogP contribution is 2.11. The molecule has 0 saturated heterocycles. The molecule has 0 aliphatic heterocycles. The summed E-state index contributed by atoms with van der Waals surface area (Å²) in [5.41, 5.74) is 5.52. The summed E-state index contributed by atoms with van der Waals surface area (Å²) in [6, 6.07) is 15.0. The van der Waals surface area contributed by atoms with Crippen LogP contribution in [0.1, 0.15) is 33.6 Å². The molecule has 23 heavy (non-hydrogen) atoms. The number of hydrazine groups is 1. The van der Waals surface area contributed by atoms with Crippen molar-refractivity contribution < 1.29 is 14.4 Å². The van der Waals surface area contributed by atoms with E-state index in [4.69, 9.17) is 11.6 Å². The molecule has 6 heteroatoms. The predicted octanol–water partition coefficient (Wildman–Crippen LogP) is 2.76. The molecule has 0 fully saturated rings. The topological polar surface area (TPSA) is 75.3 Å². The van der Waals surface area contributed by atoms with Crippen molar-refractivity contribution in [3.05, 3.63) is 70.7 Å². The average Bonchev–Trinajstić information content (AvgIpc) is 2.59. The quantitative estimate of drug-likeness (QED) is 0.654. The van der Waals surface area contributed by atoms with Crippen molar-refractivity contribution in [3.8, 4) is 0 Å². The van der Waals surface area contributed by atoms with Crippen LogP contribution < -0.4 is 10.9 Å². The molecule has 0 atom stereocenters. The van der Waals surface area contributed by atoms with E-state index >= 15 is 0 Å². The zero-order valence-electron chi connectivity index (χ0n) is 12.2. The Bertz CT molecular complexity index is 700. The lowest BCUT2D eigenvalue weighted by Gasteiger charge is -2.07. The second-order valence-corrected chi connectivity index (χ2v) is 5.23. The smallest absolute Gasteiger partial charge is 0.269 e. The molecule has 0 aromatic heterocycles. The predicted molar refractivity (Wildman–Crippen MR) is 87.1 cm³/mol. The maximum atomic E-state index is 11.9. The van der Waals surface area contributed by atoms with Crippen molar-refractivity contribution in [3.63, 3.8) is 0 Å². The average molecular weight is 331 g/mol. The molecule has 2 amide bonds. The lowest BCUT2D eigenvalue weighted by atomic mass is 10.1. The summed E-state index contributed by atoms with van der Waals surface area (Å²) in [4.78, 5) is 35.3. The Morgan fingerprint density at radius 3 is 2.09 bits per heavy atom. The van der Waals surface area contributed by atoms with Gasteiger partial charge in [-0.2, -0.15) is 0 Å². The van der Waals surface area contributed by atoms with Crippen molar-refractivity contribution in [2.75, 3.05) is 0 Å². The molecule has 0 heterocycles. The van der Waals surface area contributed by atoms with Gasteiger partial charge < -0.3 is 0 Å². The molecule has 0 unspecified atom stereocenters. The fraction of sp³-hybridized carbons (Fsp3) is 0.118. The Morgan fingerprint density at radius 1 is 0.783 bits per heavy atom. The second-order valence-electron chi connectivity index (χ2n) is 4.80. The van der Waals surface area contributed by atoms with E-state index in [9.17, 15) is 14.4 Å². The van der Waals surface area contributed by atoms with Gasteiger partial charge in [0.25, 0.3) is 5.91 Å². The summed E-state index contributed by atoms with van der Waals surface area (Å²) in [7, 11) is 0. The van der Waals surface area contributed by atoms with Crippen LogP contribution in [-0.2, 0) is 4.79 Å². The van der Waals surface area contributed by atoms with E-state index in [0.717, 1.165) is 0 Å². The minimum absolute atomic E-state index is 0.0173. The summed E-state index contributed by atoms with van der Waals surface area (Å²) >= 11 is 5.75. The molecule has 0 aliphatic carbocycles. The highest BCUT2D eigenvalue weighted by Gasteiger charge is 2.10. The minimum Gasteiger partial charge on any atom is -0.294 e. The van der Waals surface area contributed by atoms with Crippen molar-refractivity contribution in [2.45, 2.75) is 12.8 Å². The molecule has 0 bridgehead atoms. The summed E-state index contributed by atoms with van der Waals surface area (Å²) in [5, 5.41) is 0.544. The Balaban J connectivity index is 1.76. The molecule has 0 spiro atoms. The van der Waals surface area contributed by atoms with E-state index in [-0.39, 0.29) is 18.6 Å². The van der Waals surface area contributed by atoms with Crippen molar-refractivity contribution in [1.82, 2.24) is 10.9 Å². The van der Waals surface area contributed by atoms with Crippen LogP contribution in [0.3, 0.4) is 0 Å². The van der Waals surface area contributed by atoms with Crippen LogP contribution in [0.15, 0.2) is 54.6 Å². The molecule has 2 rings (SSSR count). The van der Waals surface area contributed by atoms with Crippen LogP contribution in [-0.4, -0.2) is 17.6 Å². The summed E-state index contributed by atoms with van der Waals surface area (Å²) in [6.45, 7) is 0. The summed E-state index contributed by atoms with van der Waals surface area (Å²) in [5.74, 6) is -1.01. The van der Waals surface area contributed by atoms with Gasteiger partial charge in [0.15, 0.2) is 5.78 Å². The lowest BCUT2D eigenvalue weighted by Crippen LogP contribution is -2.41. The molecule has 0 aliphatic rings. The summed E-state index contributed by atoms with van der Waals surface area (Å²) in [6.07, 6.45) is 0.0329. The normalized spacial score (nSPS) is 9.96. The zero-order valence-corrected chi connectivity index (χ0v) is 13.0. The van der Waals surface area contributed by atoms with Gasteiger partial charge in [-0.25, -0.2) is 0 Å². The number of carbonyl (C=O) groups excluding carboxylic acids is 3. The molecule has 5 nitrogen and oxygen atoms in total. The first-order valence-corrected chi connectivity index (χ1v) is 7.37. The number of benzene rings is 2. The lowest BCUT2D eigenvalue weighted by molar-refractivity contribution is -0.121. The minimum atomic E-state index is -0.434. The Labute approximate surface area is 138 Å². The molecular weight excluding hydrogens is 316 g/mol. The SMILES string of the molecule is O=C(CCC(=O)c1ccc(Cl)cc1)NNC(=O)c1ccccc1. The number of ketones is 1. The maximum absolute atomic E-state index is 11.9. The van der Waals surface area contributed by atoms with Crippen LogP contribution in [0.4, 0.5) is 0 Å². The van der Waals surface area contributed by atoms with E-state index < -0.39 is 11.8 Å². The monoisotopic (exact) mass is 330 g/mol. The van der Waals surface area contributed by atoms with Gasteiger partial charge in [-0.3, -0.25) is 25.2 Å². The fourth-order valence-corrected chi connectivity index (χ4v) is 1.98. The van der Waals surface area contributed by atoms with Crippen LogP contribution in [0.25, 0.3) is 0 Å². The number of rotatable bonds is 5. The van der Waals surface area contributed by atoms with E-state index in [1.807, 2.05) is 0 Å². The van der Waals surface area contributed by atoms with E-state index in [1.54, 1.807) is 54.6 Å². The number of halogens is 1. The first-order valence-electron chi connectivity index (χ1n) is 6.99. The highest BCUT2D eigenvalue weighted by molar-refractivity contribution is 6.30. The van der Waals surface area contributed by atoms with Crippen molar-refractivity contribution in [2.24, 2.45) is 0 Å². The molecule has 2 N–H and O–H groups in total. The van der Waals surface area contributed by atoms with Crippen LogP contribution >= 0.6 is 11.6 Å². The first kappa shape index (κ1) is 16.7. The van der Waals surface area contributed by atoms with Crippen LogP contribution in [0, 0.1) is 0 Å². The van der Waals surface area contributed by atoms with Gasteiger partial charge in [0.1, 0.15) is 0 Å². The summed E-state index contributed by atoms with van der Waals surface area (Å²) < 4.78 is 0. The number of amides is 2. The second kappa shape index (κ2) is 8.10. The number of Topliss-reactive ketones (excluding diaryl/α,β-unsaturated/α-hetero) is 1. The Morgan fingerprint density at radius 2 is 1.43 bits per heavy atom. The molecule has 2 aromatic rings. The van der Waals surface area contributed by atoms with E-state index in [1.165, 1.54) is 0 Å². The number of nitrogens with one attached hydrogen (secondary N) is 2. The molecular formula is C17H15ClN2O3. The van der Waals surface area contributed by atoms with E-state index in [0.29, 0.717) is 16.1 Å². The maximum Gasteiger partial charge on any atom is 0.269 e. The van der Waals surface area contributed by atoms with Gasteiger partial charge in [0.05, 0.1) is 0 Å². The molecule has 0 radical (unpaired) electrons. The van der Waals surface area contributed by atoms with Gasteiger partial charge in [-0.15, -0.1) is 0 Å². The van der Waals surface area contributed by atoms with Gasteiger partial charge in [0, 0.05) is 29.0 Å². The molecule has 2 aromatic carbocycles. The number of hydrogen-bond acceptors (Lipinski definition) is 3. The third kappa shape index (κ3) is 5.23. The zero-order chi connectivity index (χ0) is 16.7. The van der Waals surface area contributed by atoms with Crippen molar-refractivity contribution >= 4 is 29.2 Å². The van der Waals surface area contributed by atoms with Gasteiger partial charge in [0.2, 0.25) is 5.91 Å². The highest BCUT2D eigenvalue weighted by atomic mass is 35.5. The van der Waals surface area contributed by atoms with Gasteiger partial charge in [-0.05, 0) is 36.4 Å². The van der Waals surface area contributed by atoms with Crippen LogP contribution in [0.2, 0.25) is 5.02 Å². The van der Waals surface area contributed by atoms with E-state index in [2.05, 4.69) is 10.9 Å². The van der Waals surface area contributed by atoms with Crippen molar-refractivity contribution in [1.29, 1.82) is 0 Å². The van der Waals surface area contributed by atoms with Crippen LogP contribution in [0.5, 0.6) is 0 Å².